The smallest absolute Gasteiger partial charge is 0.401 e. The molecule has 1 aromatic carbocycles. The maximum absolute atomic E-state index is 11.6. The molecule has 2 rings (SSSR count). The third kappa shape index (κ3) is 3.69. The summed E-state index contributed by atoms with van der Waals surface area (Å²) in [5.41, 5.74) is 0.592. The number of amides is 1. The van der Waals surface area contributed by atoms with Gasteiger partial charge in [0.05, 0.1) is 6.07 Å². The lowest BCUT2D eigenvalue weighted by molar-refractivity contribution is -0.402. The Morgan fingerprint density at radius 1 is 1.25 bits per heavy atom. The largest absolute Gasteiger partial charge is 0.433 e. The van der Waals surface area contributed by atoms with E-state index in [0.717, 1.165) is 0 Å². The SMILES string of the molecule is O=C(/C=C/c1ccc([N+](=O)[O-])o1)Nc1ccc(Cl)cc1. The fraction of sp³-hybridized carbons (Fsp3) is 0. The van der Waals surface area contributed by atoms with Gasteiger partial charge in [-0.05, 0) is 36.4 Å². The third-order valence-corrected chi connectivity index (χ3v) is 2.56. The Morgan fingerprint density at radius 2 is 1.95 bits per heavy atom. The van der Waals surface area contributed by atoms with Crippen LogP contribution in [0, 0.1) is 10.1 Å². The van der Waals surface area contributed by atoms with Crippen molar-refractivity contribution >= 4 is 35.2 Å². The number of nitro groups is 1. The molecule has 0 atom stereocenters. The van der Waals surface area contributed by atoms with Crippen molar-refractivity contribution < 1.29 is 14.1 Å². The molecule has 102 valence electrons. The monoisotopic (exact) mass is 292 g/mol. The quantitative estimate of drug-likeness (QED) is 0.531. The number of rotatable bonds is 4. The topological polar surface area (TPSA) is 85.4 Å². The van der Waals surface area contributed by atoms with E-state index >= 15 is 0 Å². The van der Waals surface area contributed by atoms with Gasteiger partial charge in [-0.3, -0.25) is 14.9 Å². The Bertz CT molecular complexity index is 661. The molecule has 0 aliphatic rings. The van der Waals surface area contributed by atoms with Crippen LogP contribution >= 0.6 is 11.6 Å². The van der Waals surface area contributed by atoms with E-state index in [1.807, 2.05) is 0 Å². The van der Waals surface area contributed by atoms with Crippen LogP contribution in [0.4, 0.5) is 11.6 Å². The van der Waals surface area contributed by atoms with Gasteiger partial charge in [-0.2, -0.15) is 0 Å². The van der Waals surface area contributed by atoms with Gasteiger partial charge in [0.15, 0.2) is 0 Å². The van der Waals surface area contributed by atoms with E-state index in [4.69, 9.17) is 16.0 Å². The van der Waals surface area contributed by atoms with Crippen molar-refractivity contribution in [1.29, 1.82) is 0 Å². The molecule has 6 nitrogen and oxygen atoms in total. The number of carbonyl (C=O) groups excluding carboxylic acids is 1. The Labute approximate surface area is 118 Å². The summed E-state index contributed by atoms with van der Waals surface area (Å²) >= 11 is 5.72. The van der Waals surface area contributed by atoms with Crippen LogP contribution in [-0.4, -0.2) is 10.8 Å². The fourth-order valence-corrected chi connectivity index (χ4v) is 1.53. The van der Waals surface area contributed by atoms with E-state index in [9.17, 15) is 14.9 Å². The zero-order valence-electron chi connectivity index (χ0n) is 10.1. The second-order valence-electron chi connectivity index (χ2n) is 3.76. The van der Waals surface area contributed by atoms with Crippen molar-refractivity contribution in [3.05, 3.63) is 63.4 Å². The molecule has 0 aliphatic carbocycles. The minimum atomic E-state index is -0.648. The van der Waals surface area contributed by atoms with E-state index in [2.05, 4.69) is 5.32 Å². The molecule has 0 unspecified atom stereocenters. The summed E-state index contributed by atoms with van der Waals surface area (Å²) < 4.78 is 4.88. The molecule has 0 fully saturated rings. The maximum Gasteiger partial charge on any atom is 0.433 e. The highest BCUT2D eigenvalue weighted by Gasteiger charge is 2.10. The number of anilines is 1. The van der Waals surface area contributed by atoms with E-state index in [1.165, 1.54) is 24.3 Å². The zero-order valence-corrected chi connectivity index (χ0v) is 10.8. The number of furan rings is 1. The zero-order chi connectivity index (χ0) is 14.5. The van der Waals surface area contributed by atoms with Crippen molar-refractivity contribution in [3.63, 3.8) is 0 Å². The third-order valence-electron chi connectivity index (χ3n) is 2.30. The Kier molecular flexibility index (Phi) is 4.17. The van der Waals surface area contributed by atoms with Gasteiger partial charge in [0, 0.05) is 16.8 Å². The van der Waals surface area contributed by atoms with Crippen molar-refractivity contribution in [1.82, 2.24) is 0 Å². The summed E-state index contributed by atoms with van der Waals surface area (Å²) in [6.07, 6.45) is 2.56. The summed E-state index contributed by atoms with van der Waals surface area (Å²) in [5, 5.41) is 13.6. The van der Waals surface area contributed by atoms with Gasteiger partial charge in [0.2, 0.25) is 5.91 Å². The number of nitrogens with zero attached hydrogens (tertiary/aromatic N) is 1. The van der Waals surface area contributed by atoms with Crippen LogP contribution < -0.4 is 5.32 Å². The molecule has 0 spiro atoms. The average molecular weight is 293 g/mol. The van der Waals surface area contributed by atoms with Crippen molar-refractivity contribution in [2.45, 2.75) is 0 Å². The molecule has 1 N–H and O–H groups in total. The molecule has 2 aromatic rings. The maximum atomic E-state index is 11.6. The average Bonchev–Trinajstić information content (AvgIpc) is 2.88. The van der Waals surface area contributed by atoms with Crippen LogP contribution in [0.15, 0.2) is 46.9 Å². The predicted octanol–water partition coefficient (Wildman–Crippen LogP) is 3.49. The summed E-state index contributed by atoms with van der Waals surface area (Å²) in [6.45, 7) is 0. The molecule has 20 heavy (non-hydrogen) atoms. The van der Waals surface area contributed by atoms with Crippen molar-refractivity contribution in [3.8, 4) is 0 Å². The van der Waals surface area contributed by atoms with Crippen molar-refractivity contribution in [2.75, 3.05) is 5.32 Å². The van der Waals surface area contributed by atoms with E-state index in [1.54, 1.807) is 24.3 Å². The van der Waals surface area contributed by atoms with E-state index in [-0.39, 0.29) is 17.6 Å². The van der Waals surface area contributed by atoms with Crippen molar-refractivity contribution in [2.24, 2.45) is 0 Å². The molecule has 1 heterocycles. The molecule has 0 saturated heterocycles. The molecule has 1 aromatic heterocycles. The van der Waals surface area contributed by atoms with E-state index in [0.29, 0.717) is 10.7 Å². The van der Waals surface area contributed by atoms with Crippen LogP contribution in [-0.2, 0) is 4.79 Å². The highest BCUT2D eigenvalue weighted by atomic mass is 35.5. The number of halogens is 1. The summed E-state index contributed by atoms with van der Waals surface area (Å²) in [7, 11) is 0. The van der Waals surface area contributed by atoms with Gasteiger partial charge in [-0.15, -0.1) is 0 Å². The second kappa shape index (κ2) is 6.03. The van der Waals surface area contributed by atoms with E-state index < -0.39 is 4.92 Å². The number of hydrogen-bond acceptors (Lipinski definition) is 4. The first-order valence-corrected chi connectivity index (χ1v) is 5.91. The van der Waals surface area contributed by atoms with Crippen LogP contribution in [0.5, 0.6) is 0 Å². The molecular weight excluding hydrogens is 284 g/mol. The lowest BCUT2D eigenvalue weighted by Crippen LogP contribution is -2.07. The lowest BCUT2D eigenvalue weighted by Gasteiger charge is -2.01. The number of carbonyl (C=O) groups is 1. The van der Waals surface area contributed by atoms with Crippen LogP contribution in [0.25, 0.3) is 6.08 Å². The Hall–Kier alpha value is -2.60. The first kappa shape index (κ1) is 13.8. The van der Waals surface area contributed by atoms with Gasteiger partial charge < -0.3 is 9.73 Å². The molecule has 0 saturated carbocycles. The van der Waals surface area contributed by atoms with Gasteiger partial charge in [-0.1, -0.05) is 11.6 Å². The molecule has 1 amide bonds. The summed E-state index contributed by atoms with van der Waals surface area (Å²) in [6, 6.07) is 9.24. The van der Waals surface area contributed by atoms with Crippen LogP contribution in [0.2, 0.25) is 5.02 Å². The standard InChI is InChI=1S/C13H9ClN2O4/c14-9-1-3-10(4-2-9)15-12(17)7-5-11-6-8-13(20-11)16(18)19/h1-8H,(H,15,17)/b7-5+. The molecular formula is C13H9ClN2O4. The van der Waals surface area contributed by atoms with Gasteiger partial charge >= 0.3 is 5.88 Å². The number of benzene rings is 1. The van der Waals surface area contributed by atoms with Gasteiger partial charge in [0.25, 0.3) is 0 Å². The fourth-order valence-electron chi connectivity index (χ4n) is 1.40. The number of nitrogens with one attached hydrogen (secondary N) is 1. The lowest BCUT2D eigenvalue weighted by atomic mass is 10.3. The normalized spacial score (nSPS) is 10.7. The van der Waals surface area contributed by atoms with Crippen LogP contribution in [0.3, 0.4) is 0 Å². The molecule has 0 bridgehead atoms. The van der Waals surface area contributed by atoms with Crippen LogP contribution in [0.1, 0.15) is 5.76 Å². The minimum Gasteiger partial charge on any atom is -0.401 e. The summed E-state index contributed by atoms with van der Waals surface area (Å²) in [5.74, 6) is -0.530. The summed E-state index contributed by atoms with van der Waals surface area (Å²) in [4.78, 5) is 21.4. The molecule has 0 radical (unpaired) electrons. The first-order chi connectivity index (χ1) is 9.54. The Balaban J connectivity index is 1.98. The molecule has 0 aliphatic heterocycles. The second-order valence-corrected chi connectivity index (χ2v) is 4.20. The van der Waals surface area contributed by atoms with Gasteiger partial charge in [-0.25, -0.2) is 0 Å². The highest BCUT2D eigenvalue weighted by molar-refractivity contribution is 6.30. The van der Waals surface area contributed by atoms with Gasteiger partial charge in [0.1, 0.15) is 10.7 Å². The minimum absolute atomic E-state index is 0.225. The highest BCUT2D eigenvalue weighted by Crippen LogP contribution is 2.17. The first-order valence-electron chi connectivity index (χ1n) is 5.53. The number of hydrogen-bond donors (Lipinski definition) is 1. The Morgan fingerprint density at radius 3 is 2.55 bits per heavy atom. The predicted molar refractivity (Wildman–Crippen MR) is 74.5 cm³/mol. The molecule has 7 heteroatoms.